The molecule has 0 fully saturated rings. The summed E-state index contributed by atoms with van der Waals surface area (Å²) in [5.74, 6) is -0.832. The first kappa shape index (κ1) is 14.9. The third-order valence-electron chi connectivity index (χ3n) is 3.34. The summed E-state index contributed by atoms with van der Waals surface area (Å²) in [6, 6.07) is -0.893. The number of aryl methyl sites for hydroxylation is 2. The van der Waals surface area contributed by atoms with Crippen LogP contribution in [0.5, 0.6) is 0 Å². The SMILES string of the molecule is Cc1nc2ncnn2c(C)c1CCC(=O)N[C@@H](C)C(=O)O. The van der Waals surface area contributed by atoms with E-state index in [9.17, 15) is 9.59 Å². The van der Waals surface area contributed by atoms with Gasteiger partial charge in [-0.05, 0) is 32.8 Å². The number of nitrogens with one attached hydrogen (secondary N) is 1. The lowest BCUT2D eigenvalue weighted by atomic mass is 10.1. The zero-order valence-corrected chi connectivity index (χ0v) is 12.1. The lowest BCUT2D eigenvalue weighted by molar-refractivity contribution is -0.141. The van der Waals surface area contributed by atoms with Gasteiger partial charge in [-0.25, -0.2) is 9.50 Å². The molecule has 112 valence electrons. The molecule has 0 aliphatic heterocycles. The number of aromatic nitrogens is 4. The van der Waals surface area contributed by atoms with Crippen LogP contribution < -0.4 is 5.32 Å². The Kier molecular flexibility index (Phi) is 4.15. The van der Waals surface area contributed by atoms with Gasteiger partial charge in [0.15, 0.2) is 0 Å². The van der Waals surface area contributed by atoms with E-state index in [1.165, 1.54) is 13.3 Å². The molecule has 1 atom stereocenters. The summed E-state index contributed by atoms with van der Waals surface area (Å²) in [5.41, 5.74) is 2.60. The summed E-state index contributed by atoms with van der Waals surface area (Å²) in [6.45, 7) is 5.18. The van der Waals surface area contributed by atoms with E-state index in [2.05, 4.69) is 20.4 Å². The number of carbonyl (C=O) groups excluding carboxylic acids is 1. The zero-order valence-electron chi connectivity index (χ0n) is 12.1. The lowest BCUT2D eigenvalue weighted by Gasteiger charge is -2.12. The van der Waals surface area contributed by atoms with Gasteiger partial charge in [0.1, 0.15) is 12.4 Å². The molecule has 1 amide bonds. The maximum atomic E-state index is 11.7. The van der Waals surface area contributed by atoms with Gasteiger partial charge in [0.05, 0.1) is 0 Å². The third-order valence-corrected chi connectivity index (χ3v) is 3.34. The van der Waals surface area contributed by atoms with E-state index < -0.39 is 12.0 Å². The van der Waals surface area contributed by atoms with Gasteiger partial charge in [-0.3, -0.25) is 9.59 Å². The second kappa shape index (κ2) is 5.86. The molecule has 0 bridgehead atoms. The quantitative estimate of drug-likeness (QED) is 0.818. The molecular weight excluding hydrogens is 274 g/mol. The van der Waals surface area contributed by atoms with Crippen molar-refractivity contribution in [3.63, 3.8) is 0 Å². The zero-order chi connectivity index (χ0) is 15.6. The molecule has 0 aromatic carbocycles. The number of hydrogen-bond donors (Lipinski definition) is 2. The summed E-state index contributed by atoms with van der Waals surface area (Å²) in [4.78, 5) is 30.8. The van der Waals surface area contributed by atoms with Gasteiger partial charge in [-0.15, -0.1) is 0 Å². The smallest absolute Gasteiger partial charge is 0.325 e. The van der Waals surface area contributed by atoms with E-state index >= 15 is 0 Å². The van der Waals surface area contributed by atoms with Crippen molar-refractivity contribution in [1.29, 1.82) is 0 Å². The highest BCUT2D eigenvalue weighted by molar-refractivity contribution is 5.83. The van der Waals surface area contributed by atoms with E-state index in [0.29, 0.717) is 12.2 Å². The predicted octanol–water partition coefficient (Wildman–Crippen LogP) is 0.263. The van der Waals surface area contributed by atoms with Crippen LogP contribution >= 0.6 is 0 Å². The predicted molar refractivity (Wildman–Crippen MR) is 73.8 cm³/mol. The highest BCUT2D eigenvalue weighted by Crippen LogP contribution is 2.14. The first-order valence-electron chi connectivity index (χ1n) is 6.58. The topological polar surface area (TPSA) is 109 Å². The summed E-state index contributed by atoms with van der Waals surface area (Å²) >= 11 is 0. The highest BCUT2D eigenvalue weighted by Gasteiger charge is 2.16. The fraction of sp³-hybridized carbons (Fsp3) is 0.462. The Morgan fingerprint density at radius 3 is 2.81 bits per heavy atom. The van der Waals surface area contributed by atoms with Crippen molar-refractivity contribution in [2.24, 2.45) is 0 Å². The van der Waals surface area contributed by atoms with Crippen LogP contribution in [-0.4, -0.2) is 42.6 Å². The fourth-order valence-corrected chi connectivity index (χ4v) is 2.13. The molecule has 2 N–H and O–H groups in total. The second-order valence-corrected chi connectivity index (χ2v) is 4.86. The van der Waals surface area contributed by atoms with E-state index in [-0.39, 0.29) is 12.3 Å². The van der Waals surface area contributed by atoms with Gasteiger partial charge in [-0.1, -0.05) is 0 Å². The molecule has 8 nitrogen and oxygen atoms in total. The van der Waals surface area contributed by atoms with Crippen LogP contribution in [0.15, 0.2) is 6.33 Å². The Bertz CT molecular complexity index is 694. The Balaban J connectivity index is 2.10. The Morgan fingerprint density at radius 1 is 1.43 bits per heavy atom. The minimum atomic E-state index is -1.05. The Labute approximate surface area is 121 Å². The summed E-state index contributed by atoms with van der Waals surface area (Å²) in [7, 11) is 0. The third kappa shape index (κ3) is 3.15. The largest absolute Gasteiger partial charge is 0.480 e. The first-order valence-corrected chi connectivity index (χ1v) is 6.58. The summed E-state index contributed by atoms with van der Waals surface area (Å²) in [6.07, 6.45) is 2.10. The van der Waals surface area contributed by atoms with E-state index in [4.69, 9.17) is 5.11 Å². The molecule has 0 saturated carbocycles. The molecule has 0 aliphatic rings. The minimum absolute atomic E-state index is 0.196. The second-order valence-electron chi connectivity index (χ2n) is 4.86. The van der Waals surface area contributed by atoms with Gasteiger partial charge < -0.3 is 10.4 Å². The number of amides is 1. The van der Waals surface area contributed by atoms with Crippen LogP contribution in [0.4, 0.5) is 0 Å². The van der Waals surface area contributed by atoms with Gasteiger partial charge in [-0.2, -0.15) is 10.1 Å². The number of nitrogens with zero attached hydrogens (tertiary/aromatic N) is 4. The molecule has 2 heterocycles. The van der Waals surface area contributed by atoms with Crippen LogP contribution in [0.25, 0.3) is 5.78 Å². The number of fused-ring (bicyclic) bond motifs is 1. The van der Waals surface area contributed by atoms with E-state index in [0.717, 1.165) is 17.0 Å². The molecular formula is C13H17N5O3. The van der Waals surface area contributed by atoms with Gasteiger partial charge in [0, 0.05) is 17.8 Å². The minimum Gasteiger partial charge on any atom is -0.480 e. The normalized spacial score (nSPS) is 12.3. The van der Waals surface area contributed by atoms with Crippen molar-refractivity contribution < 1.29 is 14.7 Å². The average molecular weight is 291 g/mol. The highest BCUT2D eigenvalue weighted by atomic mass is 16.4. The molecule has 0 aliphatic carbocycles. The summed E-state index contributed by atoms with van der Waals surface area (Å²) < 4.78 is 1.63. The average Bonchev–Trinajstić information content (AvgIpc) is 2.86. The maximum absolute atomic E-state index is 11.7. The lowest BCUT2D eigenvalue weighted by Crippen LogP contribution is -2.38. The molecule has 0 radical (unpaired) electrons. The Morgan fingerprint density at radius 2 is 2.14 bits per heavy atom. The number of rotatable bonds is 5. The molecule has 8 heteroatoms. The Hall–Kier alpha value is -2.51. The monoisotopic (exact) mass is 291 g/mol. The van der Waals surface area contributed by atoms with Crippen LogP contribution in [0.2, 0.25) is 0 Å². The summed E-state index contributed by atoms with van der Waals surface area (Å²) in [5, 5.41) is 15.3. The standard InChI is InChI=1S/C13H17N5O3/c1-7-10(4-5-11(19)16-8(2)12(20)21)9(3)18-13(17-7)14-6-15-18/h6,8H,4-5H2,1-3H3,(H,16,19)(H,20,21)/t8-/m0/s1. The number of aliphatic carboxylic acids is 1. The molecule has 0 saturated heterocycles. The van der Waals surface area contributed by atoms with Crippen LogP contribution in [-0.2, 0) is 16.0 Å². The van der Waals surface area contributed by atoms with Gasteiger partial charge in [0.2, 0.25) is 5.91 Å². The molecule has 0 spiro atoms. The van der Waals surface area contributed by atoms with E-state index in [1.807, 2.05) is 13.8 Å². The molecule has 2 rings (SSSR count). The molecule has 2 aromatic rings. The molecule has 2 aromatic heterocycles. The first-order chi connectivity index (χ1) is 9.90. The van der Waals surface area contributed by atoms with Crippen molar-refractivity contribution in [2.75, 3.05) is 0 Å². The number of carboxylic acids is 1. The number of hydrogen-bond acceptors (Lipinski definition) is 5. The van der Waals surface area contributed by atoms with Crippen LogP contribution in [0, 0.1) is 13.8 Å². The van der Waals surface area contributed by atoms with Crippen molar-refractivity contribution in [3.8, 4) is 0 Å². The van der Waals surface area contributed by atoms with E-state index in [1.54, 1.807) is 4.52 Å². The van der Waals surface area contributed by atoms with Gasteiger partial charge >= 0.3 is 5.97 Å². The van der Waals surface area contributed by atoms with Gasteiger partial charge in [0.25, 0.3) is 5.78 Å². The van der Waals surface area contributed by atoms with Crippen molar-refractivity contribution in [2.45, 2.75) is 39.7 Å². The molecule has 0 unspecified atom stereocenters. The van der Waals surface area contributed by atoms with Crippen LogP contribution in [0.1, 0.15) is 30.3 Å². The van der Waals surface area contributed by atoms with Crippen LogP contribution in [0.3, 0.4) is 0 Å². The van der Waals surface area contributed by atoms with Crippen molar-refractivity contribution in [1.82, 2.24) is 24.9 Å². The number of carboxylic acid groups (broad SMARTS) is 1. The van der Waals surface area contributed by atoms with Crippen molar-refractivity contribution >= 4 is 17.7 Å². The maximum Gasteiger partial charge on any atom is 0.325 e. The number of carbonyl (C=O) groups is 2. The van der Waals surface area contributed by atoms with Crippen molar-refractivity contribution in [3.05, 3.63) is 23.3 Å². The molecule has 21 heavy (non-hydrogen) atoms. The fourth-order valence-electron chi connectivity index (χ4n) is 2.13.